The second-order valence-electron chi connectivity index (χ2n) is 5.20. The first kappa shape index (κ1) is 25.7. The number of carbonyl (C=O) groups excluding carboxylic acids is 2. The SMILES string of the molecule is CC.COC.COC(=O)c1ccc(NC(C=O)c2ccc(F)cc2)c([N+](=O)[O-])c1. The Morgan fingerprint density at radius 3 is 2.14 bits per heavy atom. The number of carbonyl (C=O) groups is 2. The Labute approximate surface area is 168 Å². The lowest BCUT2D eigenvalue weighted by Gasteiger charge is -2.15. The fourth-order valence-electron chi connectivity index (χ4n) is 2.08. The first-order valence-corrected chi connectivity index (χ1v) is 8.62. The van der Waals surface area contributed by atoms with Crippen LogP contribution in [0.2, 0.25) is 0 Å². The Morgan fingerprint density at radius 2 is 1.69 bits per heavy atom. The van der Waals surface area contributed by atoms with Crippen molar-refractivity contribution in [3.05, 3.63) is 69.5 Å². The summed E-state index contributed by atoms with van der Waals surface area (Å²) in [6, 6.07) is 7.96. The highest BCUT2D eigenvalue weighted by Crippen LogP contribution is 2.29. The van der Waals surface area contributed by atoms with Gasteiger partial charge in [-0.05, 0) is 29.8 Å². The van der Waals surface area contributed by atoms with E-state index in [1.807, 2.05) is 13.8 Å². The van der Waals surface area contributed by atoms with Crippen molar-refractivity contribution in [1.82, 2.24) is 0 Å². The summed E-state index contributed by atoms with van der Waals surface area (Å²) >= 11 is 0. The van der Waals surface area contributed by atoms with E-state index in [2.05, 4.69) is 14.8 Å². The van der Waals surface area contributed by atoms with Gasteiger partial charge in [-0.25, -0.2) is 9.18 Å². The summed E-state index contributed by atoms with van der Waals surface area (Å²) in [6.45, 7) is 4.00. The van der Waals surface area contributed by atoms with E-state index in [-0.39, 0.29) is 16.9 Å². The molecule has 0 bridgehead atoms. The van der Waals surface area contributed by atoms with Gasteiger partial charge in [0.1, 0.15) is 23.8 Å². The molecule has 2 aromatic rings. The summed E-state index contributed by atoms with van der Waals surface area (Å²) in [4.78, 5) is 33.3. The van der Waals surface area contributed by atoms with E-state index in [9.17, 15) is 24.1 Å². The van der Waals surface area contributed by atoms with Gasteiger partial charge in [0.15, 0.2) is 0 Å². The van der Waals surface area contributed by atoms with Crippen molar-refractivity contribution >= 4 is 23.6 Å². The van der Waals surface area contributed by atoms with Crippen LogP contribution in [-0.2, 0) is 14.3 Å². The number of nitrogens with one attached hydrogen (secondary N) is 1. The smallest absolute Gasteiger partial charge is 0.338 e. The molecule has 0 aromatic heterocycles. The lowest BCUT2D eigenvalue weighted by molar-refractivity contribution is -0.384. The molecule has 0 aliphatic carbocycles. The molecular formula is C20H25FN2O6. The van der Waals surface area contributed by atoms with Gasteiger partial charge in [-0.15, -0.1) is 0 Å². The van der Waals surface area contributed by atoms with Gasteiger partial charge >= 0.3 is 5.97 Å². The molecule has 0 saturated carbocycles. The van der Waals surface area contributed by atoms with E-state index in [0.717, 1.165) is 13.2 Å². The number of methoxy groups -OCH3 is 2. The molecule has 1 atom stereocenters. The summed E-state index contributed by atoms with van der Waals surface area (Å²) in [5.74, 6) is -1.17. The Bertz CT molecular complexity index is 796. The van der Waals surface area contributed by atoms with Crippen LogP contribution in [0.5, 0.6) is 0 Å². The molecule has 1 N–H and O–H groups in total. The third-order valence-corrected chi connectivity index (χ3v) is 3.29. The second-order valence-corrected chi connectivity index (χ2v) is 5.20. The minimum atomic E-state index is -0.909. The Hall–Kier alpha value is -3.33. The molecule has 158 valence electrons. The van der Waals surface area contributed by atoms with Crippen molar-refractivity contribution in [3.63, 3.8) is 0 Å². The number of hydrogen-bond donors (Lipinski definition) is 1. The molecule has 0 aliphatic rings. The number of anilines is 1. The van der Waals surface area contributed by atoms with Crippen molar-refractivity contribution in [2.45, 2.75) is 19.9 Å². The van der Waals surface area contributed by atoms with Crippen molar-refractivity contribution in [2.75, 3.05) is 26.6 Å². The minimum Gasteiger partial charge on any atom is -0.465 e. The molecule has 9 heteroatoms. The number of halogens is 1. The largest absolute Gasteiger partial charge is 0.465 e. The van der Waals surface area contributed by atoms with Gasteiger partial charge in [0.2, 0.25) is 0 Å². The third kappa shape index (κ3) is 8.06. The summed E-state index contributed by atoms with van der Waals surface area (Å²) < 4.78 is 21.7. The molecule has 0 radical (unpaired) electrons. The zero-order valence-electron chi connectivity index (χ0n) is 17.0. The molecule has 2 rings (SSSR count). The van der Waals surface area contributed by atoms with Gasteiger partial charge in [-0.1, -0.05) is 26.0 Å². The monoisotopic (exact) mass is 408 g/mol. The molecule has 0 spiro atoms. The number of esters is 1. The fraction of sp³-hybridized carbons (Fsp3) is 0.300. The van der Waals surface area contributed by atoms with E-state index in [0.29, 0.717) is 11.8 Å². The summed E-state index contributed by atoms with van der Waals surface area (Å²) in [7, 11) is 4.41. The normalized spacial score (nSPS) is 10.3. The quantitative estimate of drug-likeness (QED) is 0.331. The fourth-order valence-corrected chi connectivity index (χ4v) is 2.08. The molecular weight excluding hydrogens is 383 g/mol. The average Bonchev–Trinajstić information content (AvgIpc) is 2.74. The molecule has 0 aliphatic heterocycles. The molecule has 0 amide bonds. The minimum absolute atomic E-state index is 0.0131. The summed E-state index contributed by atoms with van der Waals surface area (Å²) in [6.07, 6.45) is 0.547. The number of benzene rings is 2. The van der Waals surface area contributed by atoms with Crippen LogP contribution in [0, 0.1) is 15.9 Å². The molecule has 8 nitrogen and oxygen atoms in total. The first-order chi connectivity index (χ1) is 13.9. The number of ether oxygens (including phenoxy) is 2. The lowest BCUT2D eigenvalue weighted by Crippen LogP contribution is -2.13. The average molecular weight is 408 g/mol. The van der Waals surface area contributed by atoms with Crippen LogP contribution in [0.25, 0.3) is 0 Å². The topological polar surface area (TPSA) is 108 Å². The molecule has 29 heavy (non-hydrogen) atoms. The van der Waals surface area contributed by atoms with E-state index in [1.54, 1.807) is 14.2 Å². The highest BCUT2D eigenvalue weighted by molar-refractivity contribution is 5.91. The van der Waals surface area contributed by atoms with Crippen LogP contribution < -0.4 is 5.32 Å². The zero-order valence-corrected chi connectivity index (χ0v) is 17.0. The number of nitro groups is 1. The van der Waals surface area contributed by atoms with Crippen LogP contribution in [0.4, 0.5) is 15.8 Å². The highest BCUT2D eigenvalue weighted by atomic mass is 19.1. The molecule has 0 fully saturated rings. The lowest BCUT2D eigenvalue weighted by atomic mass is 10.1. The Kier molecular flexibility index (Phi) is 12.2. The number of aldehydes is 1. The zero-order chi connectivity index (χ0) is 22.4. The van der Waals surface area contributed by atoms with Crippen molar-refractivity contribution in [1.29, 1.82) is 0 Å². The number of nitro benzene ring substituents is 1. The molecule has 0 heterocycles. The summed E-state index contributed by atoms with van der Waals surface area (Å²) in [5.41, 5.74) is 0.123. The van der Waals surface area contributed by atoms with Crippen LogP contribution in [-0.4, -0.2) is 38.5 Å². The van der Waals surface area contributed by atoms with E-state index in [1.165, 1.54) is 36.4 Å². The van der Waals surface area contributed by atoms with Gasteiger partial charge in [-0.3, -0.25) is 10.1 Å². The number of rotatable bonds is 6. The standard InChI is InChI=1S/C16H13FN2O5.C2H6O.C2H6/c1-24-16(21)11-4-7-13(15(8-11)19(22)23)18-14(9-20)10-2-5-12(17)6-3-10;1-3-2;1-2/h2-9,14,18H,1H3;1-2H3;1-2H3. The summed E-state index contributed by atoms with van der Waals surface area (Å²) in [5, 5.41) is 13.9. The van der Waals surface area contributed by atoms with Gasteiger partial charge < -0.3 is 19.6 Å². The van der Waals surface area contributed by atoms with Gasteiger partial charge in [0, 0.05) is 20.3 Å². The first-order valence-electron chi connectivity index (χ1n) is 8.62. The highest BCUT2D eigenvalue weighted by Gasteiger charge is 2.21. The molecule has 0 saturated heterocycles. The van der Waals surface area contributed by atoms with Crippen LogP contribution in [0.15, 0.2) is 42.5 Å². The van der Waals surface area contributed by atoms with Gasteiger partial charge in [0.25, 0.3) is 5.69 Å². The number of nitrogens with zero attached hydrogens (tertiary/aromatic N) is 1. The number of hydrogen-bond acceptors (Lipinski definition) is 7. The van der Waals surface area contributed by atoms with Crippen LogP contribution in [0.1, 0.15) is 35.8 Å². The van der Waals surface area contributed by atoms with Crippen molar-refractivity contribution < 1.29 is 28.4 Å². The van der Waals surface area contributed by atoms with E-state index in [4.69, 9.17) is 0 Å². The van der Waals surface area contributed by atoms with Gasteiger partial charge in [-0.2, -0.15) is 0 Å². The predicted octanol–water partition coefficient (Wildman–Crippen LogP) is 4.16. The van der Waals surface area contributed by atoms with Crippen LogP contribution >= 0.6 is 0 Å². The molecule has 2 aromatic carbocycles. The second kappa shape index (κ2) is 13.8. The van der Waals surface area contributed by atoms with Crippen LogP contribution in [0.3, 0.4) is 0 Å². The Balaban J connectivity index is 0.00000143. The van der Waals surface area contributed by atoms with Gasteiger partial charge in [0.05, 0.1) is 17.6 Å². The van der Waals surface area contributed by atoms with E-state index < -0.39 is 22.8 Å². The third-order valence-electron chi connectivity index (χ3n) is 3.29. The van der Waals surface area contributed by atoms with Crippen molar-refractivity contribution in [3.8, 4) is 0 Å². The maximum Gasteiger partial charge on any atom is 0.338 e. The van der Waals surface area contributed by atoms with E-state index >= 15 is 0 Å². The maximum absolute atomic E-state index is 13.0. The maximum atomic E-state index is 13.0. The Morgan fingerprint density at radius 1 is 1.14 bits per heavy atom. The molecule has 1 unspecified atom stereocenters. The predicted molar refractivity (Wildman–Crippen MR) is 108 cm³/mol. The van der Waals surface area contributed by atoms with Crippen molar-refractivity contribution in [2.24, 2.45) is 0 Å².